The normalized spacial score (nSPS) is 25.5. The summed E-state index contributed by atoms with van der Waals surface area (Å²) < 4.78 is 0. The van der Waals surface area contributed by atoms with E-state index >= 15 is 0 Å². The summed E-state index contributed by atoms with van der Waals surface area (Å²) in [5.41, 5.74) is 8.29. The monoisotopic (exact) mass is 690 g/mol. The van der Waals surface area contributed by atoms with Crippen molar-refractivity contribution in [3.8, 4) is 11.1 Å². The first kappa shape index (κ1) is 33.5. The van der Waals surface area contributed by atoms with E-state index in [2.05, 4.69) is 22.4 Å². The molecule has 0 bridgehead atoms. The molecule has 4 N–H and O–H groups in total. The van der Waals surface area contributed by atoms with Gasteiger partial charge < -0.3 is 16.0 Å². The molecule has 3 aliphatic rings. The molecule has 4 atom stereocenters. The van der Waals surface area contributed by atoms with Crippen LogP contribution in [0, 0.1) is 11.3 Å². The summed E-state index contributed by atoms with van der Waals surface area (Å²) in [6.45, 7) is 4.09. The van der Waals surface area contributed by atoms with Crippen molar-refractivity contribution in [2.24, 2.45) is 16.6 Å². The lowest BCUT2D eigenvalue weighted by Gasteiger charge is -2.39. The largest absolute Gasteiger partial charge is 0.369 e. The number of amides is 2. The lowest BCUT2D eigenvalue weighted by Crippen LogP contribution is -2.49. The van der Waals surface area contributed by atoms with Crippen LogP contribution in [0.15, 0.2) is 83.9 Å². The van der Waals surface area contributed by atoms with Crippen LogP contribution in [0.1, 0.15) is 57.1 Å². The summed E-state index contributed by atoms with van der Waals surface area (Å²) in [6.07, 6.45) is 4.67. The highest BCUT2D eigenvalue weighted by Gasteiger charge is 2.52. The fourth-order valence-electron chi connectivity index (χ4n) is 8.05. The van der Waals surface area contributed by atoms with Gasteiger partial charge in [0.1, 0.15) is 11.4 Å². The number of anilines is 1. The highest BCUT2D eigenvalue weighted by atomic mass is 35.5. The number of pyridine rings is 1. The Morgan fingerprint density at radius 1 is 0.960 bits per heavy atom. The molecule has 1 aromatic heterocycles. The van der Waals surface area contributed by atoms with E-state index in [-0.39, 0.29) is 35.7 Å². The van der Waals surface area contributed by atoms with Gasteiger partial charge in [-0.25, -0.2) is 9.98 Å². The smallest absolute Gasteiger partial charge is 0.261 e. The highest BCUT2D eigenvalue weighted by Crippen LogP contribution is 2.41. The fourth-order valence-corrected chi connectivity index (χ4v) is 8.22. The molecule has 50 heavy (non-hydrogen) atoms. The van der Waals surface area contributed by atoms with Gasteiger partial charge in [-0.2, -0.15) is 0 Å². The van der Waals surface area contributed by atoms with Crippen molar-refractivity contribution >= 4 is 52.1 Å². The topological polar surface area (TPSA) is 131 Å². The molecule has 3 aromatic carbocycles. The average molecular weight is 691 g/mol. The number of halogens is 1. The second-order valence-electron chi connectivity index (χ2n) is 14.3. The molecule has 11 heteroatoms. The molecule has 1 saturated carbocycles. The van der Waals surface area contributed by atoms with Crippen molar-refractivity contribution in [2.75, 3.05) is 19.4 Å². The van der Waals surface area contributed by atoms with Gasteiger partial charge in [0.25, 0.3) is 11.8 Å². The van der Waals surface area contributed by atoms with Gasteiger partial charge in [0, 0.05) is 37.1 Å². The predicted molar refractivity (Wildman–Crippen MR) is 199 cm³/mol. The number of rotatable bonds is 8. The maximum Gasteiger partial charge on any atom is 0.261 e. The number of nitrogens with zero attached hydrogens (tertiary/aromatic N) is 5. The molecule has 4 aromatic rings. The minimum Gasteiger partial charge on any atom is -0.369 e. The molecule has 0 spiro atoms. The number of aromatic nitrogens is 1. The number of hydrogen-bond donors (Lipinski definition) is 3. The quantitative estimate of drug-likeness (QED) is 0.191. The summed E-state index contributed by atoms with van der Waals surface area (Å²) in [6, 6.07) is 25.9. The number of para-hydroxylation sites is 1. The van der Waals surface area contributed by atoms with Crippen LogP contribution in [0.2, 0.25) is 5.02 Å². The Balaban J connectivity index is 1.14. The van der Waals surface area contributed by atoms with Crippen LogP contribution >= 0.6 is 11.6 Å². The number of hydrogen-bond acceptors (Lipinski definition) is 7. The maximum atomic E-state index is 14.0. The first-order valence-corrected chi connectivity index (χ1v) is 17.5. The van der Waals surface area contributed by atoms with Crippen LogP contribution in [0.25, 0.3) is 22.0 Å². The zero-order valence-electron chi connectivity index (χ0n) is 28.9. The molecule has 10 nitrogen and oxygen atoms in total. The van der Waals surface area contributed by atoms with Crippen molar-refractivity contribution in [3.63, 3.8) is 0 Å². The first-order chi connectivity index (χ1) is 23.9. The van der Waals surface area contributed by atoms with Crippen LogP contribution < -0.4 is 11.1 Å². The molecule has 258 valence electrons. The van der Waals surface area contributed by atoms with Gasteiger partial charge in [0.15, 0.2) is 11.5 Å². The number of benzene rings is 3. The van der Waals surface area contributed by atoms with Crippen molar-refractivity contribution in [1.82, 2.24) is 19.7 Å². The number of nitrogens with two attached hydrogens (primary N) is 1. The van der Waals surface area contributed by atoms with E-state index in [1.807, 2.05) is 78.6 Å². The lowest BCUT2D eigenvalue weighted by atomic mass is 9.77. The molecule has 2 aliphatic heterocycles. The van der Waals surface area contributed by atoms with E-state index in [0.717, 1.165) is 59.1 Å². The standard InChI is InChI=1S/C39H43ClN8O2/c1-38(22-24-9-7-13-30(19-24)43-33-18-16-25-10-5-6-14-32(25)44-33)34(49)47(4)37(42)48(38)23-27-15-17-29(40)21-31(27)26-11-8-12-28(20-26)39(2)35(50)46(3)36(41)45-39/h5-6,8,10-12,14-18,20-21,24,30,42H,7,9,13,19,22-23H2,1-4H3,(H2,41,45)(H,43,44)/t24-,30+,38+,39?/m0/s1. The van der Waals surface area contributed by atoms with E-state index in [4.69, 9.17) is 27.7 Å². The Morgan fingerprint density at radius 2 is 1.76 bits per heavy atom. The van der Waals surface area contributed by atoms with E-state index in [9.17, 15) is 9.59 Å². The first-order valence-electron chi connectivity index (χ1n) is 17.2. The molecular formula is C39H43ClN8O2. The summed E-state index contributed by atoms with van der Waals surface area (Å²) >= 11 is 6.57. The summed E-state index contributed by atoms with van der Waals surface area (Å²) in [4.78, 5) is 41.3. The molecule has 1 unspecified atom stereocenters. The third kappa shape index (κ3) is 5.85. The van der Waals surface area contributed by atoms with Crippen molar-refractivity contribution in [2.45, 2.75) is 69.6 Å². The van der Waals surface area contributed by atoms with Crippen molar-refractivity contribution < 1.29 is 9.59 Å². The van der Waals surface area contributed by atoms with Crippen LogP contribution in [0.3, 0.4) is 0 Å². The van der Waals surface area contributed by atoms with E-state index in [1.54, 1.807) is 21.0 Å². The predicted octanol–water partition coefficient (Wildman–Crippen LogP) is 6.59. The number of nitrogens with one attached hydrogen (secondary N) is 2. The number of aliphatic imine (C=N–C) groups is 1. The van der Waals surface area contributed by atoms with Crippen molar-refractivity contribution in [3.05, 3.63) is 95.0 Å². The highest BCUT2D eigenvalue weighted by molar-refractivity contribution is 6.31. The molecule has 7 rings (SSSR count). The third-order valence-electron chi connectivity index (χ3n) is 10.9. The van der Waals surface area contributed by atoms with Crippen LogP contribution in [-0.2, 0) is 21.7 Å². The third-order valence-corrected chi connectivity index (χ3v) is 11.1. The molecule has 2 fully saturated rings. The molecular weight excluding hydrogens is 648 g/mol. The number of carbonyl (C=O) groups excluding carboxylic acids is 2. The zero-order valence-corrected chi connectivity index (χ0v) is 29.7. The maximum absolute atomic E-state index is 14.0. The van der Waals surface area contributed by atoms with Gasteiger partial charge in [0.2, 0.25) is 5.96 Å². The fraction of sp³-hybridized carbons (Fsp3) is 0.359. The van der Waals surface area contributed by atoms with Gasteiger partial charge in [-0.15, -0.1) is 0 Å². The molecule has 3 heterocycles. The van der Waals surface area contributed by atoms with Crippen molar-refractivity contribution in [1.29, 1.82) is 5.41 Å². The Bertz CT molecular complexity index is 2050. The van der Waals surface area contributed by atoms with Crippen LogP contribution in [-0.4, -0.2) is 69.1 Å². The van der Waals surface area contributed by atoms with Crippen LogP contribution in [0.5, 0.6) is 0 Å². The molecule has 2 amide bonds. The SMILES string of the molecule is CN1C(=N)N(Cc2ccc(Cl)cc2-c2cccc(C3(C)N=C(N)N(C)C3=O)c2)[C@](C)(C[C@H]2CCC[C@@H](Nc3ccc4ccccc4n3)C2)C1=O. The Kier molecular flexibility index (Phi) is 8.54. The van der Waals surface area contributed by atoms with Gasteiger partial charge >= 0.3 is 0 Å². The lowest BCUT2D eigenvalue weighted by molar-refractivity contribution is -0.133. The Hall–Kier alpha value is -4.96. The minimum absolute atomic E-state index is 0.0708. The number of carbonyl (C=O) groups is 2. The number of guanidine groups is 2. The summed E-state index contributed by atoms with van der Waals surface area (Å²) in [5.74, 6) is 1.24. The second kappa shape index (κ2) is 12.7. The van der Waals surface area contributed by atoms with Gasteiger partial charge in [-0.1, -0.05) is 66.9 Å². The van der Waals surface area contributed by atoms with Gasteiger partial charge in [-0.3, -0.25) is 24.8 Å². The van der Waals surface area contributed by atoms with Gasteiger partial charge in [-0.05, 0) is 97.7 Å². The van der Waals surface area contributed by atoms with E-state index in [0.29, 0.717) is 23.6 Å². The molecule has 1 aliphatic carbocycles. The second-order valence-corrected chi connectivity index (χ2v) is 14.7. The van der Waals surface area contributed by atoms with E-state index in [1.165, 1.54) is 9.80 Å². The molecule has 1 saturated heterocycles. The Labute approximate surface area is 297 Å². The number of likely N-dealkylation sites (N-methyl/N-ethyl adjacent to an activating group) is 2. The average Bonchev–Trinajstić information content (AvgIpc) is 3.41. The molecule has 0 radical (unpaired) electrons. The van der Waals surface area contributed by atoms with E-state index < -0.39 is 11.1 Å². The minimum atomic E-state index is -1.14. The number of fused-ring (bicyclic) bond motifs is 1. The summed E-state index contributed by atoms with van der Waals surface area (Å²) in [5, 5.41) is 14.4. The zero-order chi connectivity index (χ0) is 35.4. The summed E-state index contributed by atoms with van der Waals surface area (Å²) in [7, 11) is 3.31. The van der Waals surface area contributed by atoms with Gasteiger partial charge in [0.05, 0.1) is 5.52 Å². The van der Waals surface area contributed by atoms with Crippen LogP contribution in [0.4, 0.5) is 5.82 Å². The Morgan fingerprint density at radius 3 is 2.54 bits per heavy atom.